The number of primary amides is 1. The van der Waals surface area contributed by atoms with E-state index in [1.165, 1.54) is 18.4 Å². The van der Waals surface area contributed by atoms with Crippen molar-refractivity contribution in [3.8, 4) is 0 Å². The van der Waals surface area contributed by atoms with Gasteiger partial charge >= 0.3 is 0 Å². The molecule has 3 heteroatoms. The molecule has 5 rings (SSSR count). The first-order valence-electron chi connectivity index (χ1n) is 8.55. The summed E-state index contributed by atoms with van der Waals surface area (Å²) in [6.45, 7) is 0. The van der Waals surface area contributed by atoms with Crippen LogP contribution in [0.3, 0.4) is 0 Å². The van der Waals surface area contributed by atoms with Gasteiger partial charge in [0.1, 0.15) is 0 Å². The van der Waals surface area contributed by atoms with Crippen LogP contribution in [0.25, 0.3) is 0 Å². The second-order valence-electron chi connectivity index (χ2n) is 8.06. The van der Waals surface area contributed by atoms with Gasteiger partial charge < -0.3 is 5.73 Å². The van der Waals surface area contributed by atoms with Crippen LogP contribution in [0.1, 0.15) is 37.7 Å². The van der Waals surface area contributed by atoms with Gasteiger partial charge in [0, 0.05) is 16.7 Å². The quantitative estimate of drug-likeness (QED) is 0.831. The number of rotatable bonds is 5. The number of nitrogens with two attached hydrogens (primary N) is 1. The fourth-order valence-corrected chi connectivity index (χ4v) is 7.76. The number of carbonyl (C=O) groups is 1. The van der Waals surface area contributed by atoms with E-state index in [9.17, 15) is 4.79 Å². The van der Waals surface area contributed by atoms with Gasteiger partial charge in [0.25, 0.3) is 0 Å². The van der Waals surface area contributed by atoms with E-state index in [0.29, 0.717) is 0 Å². The van der Waals surface area contributed by atoms with Gasteiger partial charge in [-0.3, -0.25) is 4.79 Å². The molecule has 1 amide bonds. The Balaban J connectivity index is 1.52. The maximum absolute atomic E-state index is 12.2. The molecule has 6 unspecified atom stereocenters. The van der Waals surface area contributed by atoms with Crippen molar-refractivity contribution >= 4 is 17.5 Å². The minimum absolute atomic E-state index is 0.0317. The van der Waals surface area contributed by atoms with Gasteiger partial charge in [-0.15, -0.1) is 11.6 Å². The fourth-order valence-electron chi connectivity index (χ4n) is 7.61. The van der Waals surface area contributed by atoms with Gasteiger partial charge in [-0.05, 0) is 55.4 Å². The summed E-state index contributed by atoms with van der Waals surface area (Å²) in [6, 6.07) is 10.9. The van der Waals surface area contributed by atoms with Gasteiger partial charge in [-0.1, -0.05) is 30.3 Å². The van der Waals surface area contributed by atoms with Crippen LogP contribution in [0.15, 0.2) is 30.3 Å². The minimum atomic E-state index is -0.173. The first kappa shape index (κ1) is 13.4. The number of halogens is 1. The van der Waals surface area contributed by atoms with E-state index in [1.54, 1.807) is 0 Å². The average Bonchev–Trinajstić information content (AvgIpc) is 2.45. The molecular formula is C19H22ClNO. The van der Waals surface area contributed by atoms with E-state index in [1.807, 2.05) is 0 Å². The lowest BCUT2D eigenvalue weighted by molar-refractivity contribution is -0.457. The monoisotopic (exact) mass is 315 g/mol. The summed E-state index contributed by atoms with van der Waals surface area (Å²) in [5.41, 5.74) is 7.62. The molecule has 1 spiro atoms. The molecule has 22 heavy (non-hydrogen) atoms. The van der Waals surface area contributed by atoms with Crippen molar-refractivity contribution in [1.29, 1.82) is 0 Å². The van der Waals surface area contributed by atoms with Crippen molar-refractivity contribution in [3.05, 3.63) is 35.9 Å². The summed E-state index contributed by atoms with van der Waals surface area (Å²) < 4.78 is 0. The summed E-state index contributed by atoms with van der Waals surface area (Å²) in [4.78, 5) is 12.2. The summed E-state index contributed by atoms with van der Waals surface area (Å²) in [7, 11) is 0. The Labute approximate surface area is 136 Å². The largest absolute Gasteiger partial charge is 0.369 e. The molecule has 1 aromatic rings. The Hall–Kier alpha value is -1.02. The number of amides is 1. The molecule has 116 valence electrons. The predicted molar refractivity (Wildman–Crippen MR) is 86.5 cm³/mol. The Bertz CT molecular complexity index is 653. The van der Waals surface area contributed by atoms with Crippen molar-refractivity contribution in [3.63, 3.8) is 0 Å². The highest BCUT2D eigenvalue weighted by Gasteiger charge is 2.97. The van der Waals surface area contributed by atoms with Crippen molar-refractivity contribution in [1.82, 2.24) is 0 Å². The summed E-state index contributed by atoms with van der Waals surface area (Å²) >= 11 is 5.89. The van der Waals surface area contributed by atoms with Crippen LogP contribution in [0.4, 0.5) is 0 Å². The van der Waals surface area contributed by atoms with Crippen LogP contribution >= 0.6 is 11.6 Å². The SMILES string of the molecule is NC(=O)C12CC3C(CCCCl)C4CC(c5ccccc5)(C1)C342. The standard InChI is InChI=1S/C19H22ClNO/c20-8-4-7-13-14-9-17(12-5-2-1-3-6-12)11-18(16(21)22)10-15(13)19(14,17)18/h1-3,5-6,13-15H,4,7-11H2,(H2,21,22). The molecule has 0 saturated heterocycles. The molecule has 2 nitrogen and oxygen atoms in total. The highest BCUT2D eigenvalue weighted by atomic mass is 35.5. The number of benzene rings is 1. The molecule has 0 aliphatic heterocycles. The third kappa shape index (κ3) is 1.04. The molecule has 4 saturated carbocycles. The first-order chi connectivity index (χ1) is 10.6. The van der Waals surface area contributed by atoms with E-state index in [-0.39, 0.29) is 22.2 Å². The number of hydrogen-bond donors (Lipinski definition) is 1. The van der Waals surface area contributed by atoms with Crippen molar-refractivity contribution in [2.75, 3.05) is 5.88 Å². The summed E-state index contributed by atoms with van der Waals surface area (Å²) in [5, 5.41) is 0. The lowest BCUT2D eigenvalue weighted by Crippen LogP contribution is -2.96. The van der Waals surface area contributed by atoms with E-state index >= 15 is 0 Å². The van der Waals surface area contributed by atoms with Gasteiger partial charge in [0.2, 0.25) is 5.91 Å². The molecule has 0 bridgehead atoms. The van der Waals surface area contributed by atoms with Crippen LogP contribution in [0.5, 0.6) is 0 Å². The zero-order valence-electron chi connectivity index (χ0n) is 12.7. The van der Waals surface area contributed by atoms with Gasteiger partial charge in [-0.25, -0.2) is 0 Å². The van der Waals surface area contributed by atoms with Crippen LogP contribution in [-0.2, 0) is 10.2 Å². The van der Waals surface area contributed by atoms with E-state index in [0.717, 1.165) is 42.9 Å². The van der Waals surface area contributed by atoms with E-state index < -0.39 is 0 Å². The molecule has 4 aliphatic carbocycles. The van der Waals surface area contributed by atoms with Crippen LogP contribution < -0.4 is 5.73 Å². The maximum atomic E-state index is 12.2. The topological polar surface area (TPSA) is 43.1 Å². The molecule has 6 atom stereocenters. The minimum Gasteiger partial charge on any atom is -0.369 e. The smallest absolute Gasteiger partial charge is 0.224 e. The first-order valence-corrected chi connectivity index (χ1v) is 9.09. The Morgan fingerprint density at radius 3 is 2.59 bits per heavy atom. The van der Waals surface area contributed by atoms with Crippen molar-refractivity contribution < 1.29 is 4.79 Å². The molecule has 4 aliphatic rings. The van der Waals surface area contributed by atoms with Crippen molar-refractivity contribution in [2.24, 2.45) is 34.3 Å². The second-order valence-corrected chi connectivity index (χ2v) is 8.43. The molecule has 0 aromatic heterocycles. The van der Waals surface area contributed by atoms with Crippen molar-refractivity contribution in [2.45, 2.75) is 37.5 Å². The maximum Gasteiger partial charge on any atom is 0.224 e. The molecule has 2 N–H and O–H groups in total. The Morgan fingerprint density at radius 2 is 1.95 bits per heavy atom. The summed E-state index contributed by atoms with van der Waals surface area (Å²) in [6.07, 6.45) is 5.64. The zero-order valence-corrected chi connectivity index (χ0v) is 13.5. The third-order valence-electron chi connectivity index (χ3n) is 8.00. The van der Waals surface area contributed by atoms with E-state index in [4.69, 9.17) is 17.3 Å². The molecule has 1 aromatic carbocycles. The molecule has 0 heterocycles. The number of hydrogen-bond acceptors (Lipinski definition) is 1. The highest BCUT2D eigenvalue weighted by Crippen LogP contribution is 2.98. The zero-order chi connectivity index (χ0) is 15.2. The average molecular weight is 316 g/mol. The highest BCUT2D eigenvalue weighted by molar-refractivity contribution is 6.17. The fraction of sp³-hybridized carbons (Fsp3) is 0.632. The van der Waals surface area contributed by atoms with Crippen LogP contribution in [0.2, 0.25) is 0 Å². The predicted octanol–water partition coefficient (Wildman–Crippen LogP) is 3.47. The van der Waals surface area contributed by atoms with Gasteiger partial charge in [0.15, 0.2) is 0 Å². The van der Waals surface area contributed by atoms with Gasteiger partial charge in [-0.2, -0.15) is 0 Å². The number of carbonyl (C=O) groups excluding carboxylic acids is 1. The normalized spacial score (nSPS) is 49.6. The lowest BCUT2D eigenvalue weighted by Gasteiger charge is -2.97. The van der Waals surface area contributed by atoms with Crippen LogP contribution in [-0.4, -0.2) is 11.8 Å². The molecule has 4 fully saturated rings. The Kier molecular flexibility index (Phi) is 2.38. The van der Waals surface area contributed by atoms with Gasteiger partial charge in [0.05, 0.1) is 5.41 Å². The third-order valence-corrected chi connectivity index (χ3v) is 8.26. The molecular weight excluding hydrogens is 294 g/mol. The number of alkyl halides is 1. The second kappa shape index (κ2) is 3.90. The van der Waals surface area contributed by atoms with Crippen LogP contribution in [0, 0.1) is 28.6 Å². The lowest BCUT2D eigenvalue weighted by atomic mass is 9.05. The Morgan fingerprint density at radius 1 is 1.23 bits per heavy atom. The molecule has 0 radical (unpaired) electrons. The van der Waals surface area contributed by atoms with E-state index in [2.05, 4.69) is 30.3 Å². The summed E-state index contributed by atoms with van der Waals surface area (Å²) in [5.74, 6) is 2.96.